The minimum absolute atomic E-state index is 0.642. The predicted molar refractivity (Wildman–Crippen MR) is 158 cm³/mol. The first kappa shape index (κ1) is 23.8. The van der Waals surface area contributed by atoms with E-state index in [0.29, 0.717) is 5.82 Å². The Labute approximate surface area is 232 Å². The average molecular weight is 519 g/mol. The molecule has 0 spiro atoms. The number of fused-ring (bicyclic) bond motifs is 1. The topological polar surface area (TPSA) is 56.7 Å². The SMILES string of the molecule is Cc1ccc2oc(-c3ccccc3-c3nnnn3C(c3ccccc3)(c3ccccc3)c3ccccc3)cc2c1. The summed E-state index contributed by atoms with van der Waals surface area (Å²) in [5.41, 5.74) is 6.18. The van der Waals surface area contributed by atoms with E-state index in [4.69, 9.17) is 9.63 Å². The fourth-order valence-electron chi connectivity index (χ4n) is 5.67. The van der Waals surface area contributed by atoms with E-state index in [2.05, 4.69) is 120 Å². The van der Waals surface area contributed by atoms with Crippen LogP contribution in [-0.2, 0) is 5.54 Å². The Hall–Kier alpha value is -5.29. The molecule has 0 saturated carbocycles. The molecule has 5 nitrogen and oxygen atoms in total. The number of hydrogen-bond donors (Lipinski definition) is 0. The van der Waals surface area contributed by atoms with E-state index in [1.54, 1.807) is 0 Å². The molecule has 0 N–H and O–H groups in total. The first-order chi connectivity index (χ1) is 19.7. The van der Waals surface area contributed by atoms with Crippen LogP contribution >= 0.6 is 0 Å². The number of rotatable bonds is 6. The van der Waals surface area contributed by atoms with Gasteiger partial charge in [-0.1, -0.05) is 127 Å². The van der Waals surface area contributed by atoms with Crippen LogP contribution in [0, 0.1) is 6.92 Å². The van der Waals surface area contributed by atoms with Crippen LogP contribution in [0.3, 0.4) is 0 Å². The van der Waals surface area contributed by atoms with E-state index >= 15 is 0 Å². The maximum absolute atomic E-state index is 6.35. The summed E-state index contributed by atoms with van der Waals surface area (Å²) in [6.45, 7) is 2.09. The minimum atomic E-state index is -0.833. The molecule has 5 aromatic carbocycles. The normalized spacial score (nSPS) is 11.6. The van der Waals surface area contributed by atoms with Crippen molar-refractivity contribution in [3.8, 4) is 22.7 Å². The van der Waals surface area contributed by atoms with Crippen molar-refractivity contribution in [2.45, 2.75) is 12.5 Å². The van der Waals surface area contributed by atoms with Gasteiger partial charge in [0.25, 0.3) is 0 Å². The van der Waals surface area contributed by atoms with Crippen LogP contribution in [0.4, 0.5) is 0 Å². The van der Waals surface area contributed by atoms with Gasteiger partial charge in [-0.05, 0) is 52.2 Å². The Kier molecular flexibility index (Phi) is 5.82. The number of aryl methyl sites for hydroxylation is 1. The smallest absolute Gasteiger partial charge is 0.184 e. The van der Waals surface area contributed by atoms with Gasteiger partial charge in [0.2, 0.25) is 0 Å². The Morgan fingerprint density at radius 1 is 0.600 bits per heavy atom. The Bertz CT molecular complexity index is 1810. The maximum Gasteiger partial charge on any atom is 0.184 e. The molecule has 7 aromatic rings. The molecule has 192 valence electrons. The largest absolute Gasteiger partial charge is 0.456 e. The molecule has 0 amide bonds. The van der Waals surface area contributed by atoms with Crippen molar-refractivity contribution in [2.24, 2.45) is 0 Å². The van der Waals surface area contributed by atoms with Crippen LogP contribution in [-0.4, -0.2) is 20.2 Å². The Morgan fingerprint density at radius 2 is 1.15 bits per heavy atom. The molecule has 0 saturated heterocycles. The third-order valence-corrected chi connectivity index (χ3v) is 7.47. The van der Waals surface area contributed by atoms with Crippen molar-refractivity contribution in [1.82, 2.24) is 20.2 Å². The number of aromatic nitrogens is 4. The van der Waals surface area contributed by atoms with Crippen LogP contribution < -0.4 is 0 Å². The second kappa shape index (κ2) is 9.79. The number of nitrogens with zero attached hydrogens (tertiary/aromatic N) is 4. The number of tetrazole rings is 1. The molecule has 0 aliphatic heterocycles. The first-order valence-electron chi connectivity index (χ1n) is 13.3. The molecule has 0 aliphatic rings. The van der Waals surface area contributed by atoms with Crippen LogP contribution in [0.15, 0.2) is 144 Å². The van der Waals surface area contributed by atoms with Crippen molar-refractivity contribution in [3.05, 3.63) is 162 Å². The molecule has 0 aliphatic carbocycles. The summed E-state index contributed by atoms with van der Waals surface area (Å²) in [6.07, 6.45) is 0. The average Bonchev–Trinajstić information content (AvgIpc) is 3.67. The quantitative estimate of drug-likeness (QED) is 0.210. The number of benzene rings is 5. The summed E-state index contributed by atoms with van der Waals surface area (Å²) >= 11 is 0. The van der Waals surface area contributed by atoms with Gasteiger partial charge < -0.3 is 4.42 Å². The van der Waals surface area contributed by atoms with Crippen LogP contribution in [0.5, 0.6) is 0 Å². The molecule has 5 heteroatoms. The summed E-state index contributed by atoms with van der Waals surface area (Å²) in [7, 11) is 0. The van der Waals surface area contributed by atoms with E-state index in [1.807, 2.05) is 41.1 Å². The Morgan fingerprint density at radius 3 is 1.75 bits per heavy atom. The second-order valence-electron chi connectivity index (χ2n) is 9.92. The van der Waals surface area contributed by atoms with E-state index in [0.717, 1.165) is 44.5 Å². The maximum atomic E-state index is 6.35. The van der Waals surface area contributed by atoms with Gasteiger partial charge in [0.15, 0.2) is 5.82 Å². The van der Waals surface area contributed by atoms with Crippen LogP contribution in [0.1, 0.15) is 22.3 Å². The highest BCUT2D eigenvalue weighted by molar-refractivity contribution is 5.87. The standard InChI is InChI=1S/C35H26N4O/c1-25-21-22-32-26(23-25)24-33(40-32)30-19-11-12-20-31(30)34-36-37-38-39(34)35(27-13-5-2-6-14-27,28-15-7-3-8-16-28)29-17-9-4-10-18-29/h2-24H,1H3. The summed E-state index contributed by atoms with van der Waals surface area (Å²) in [6, 6.07) is 47.7. The van der Waals surface area contributed by atoms with Gasteiger partial charge in [0.1, 0.15) is 16.9 Å². The molecule has 7 rings (SSSR count). The summed E-state index contributed by atoms with van der Waals surface area (Å²) in [5, 5.41) is 14.7. The molecule has 2 heterocycles. The second-order valence-corrected chi connectivity index (χ2v) is 9.92. The molecule has 0 fully saturated rings. The zero-order valence-corrected chi connectivity index (χ0v) is 22.0. The predicted octanol–water partition coefficient (Wildman–Crippen LogP) is 7.90. The fourth-order valence-corrected chi connectivity index (χ4v) is 5.67. The number of hydrogen-bond acceptors (Lipinski definition) is 4. The summed E-state index contributed by atoms with van der Waals surface area (Å²) < 4.78 is 8.31. The zero-order valence-electron chi connectivity index (χ0n) is 22.0. The lowest BCUT2D eigenvalue weighted by molar-refractivity contribution is 0.451. The molecule has 2 aromatic heterocycles. The monoisotopic (exact) mass is 518 g/mol. The fraction of sp³-hybridized carbons (Fsp3) is 0.0571. The molecule has 0 radical (unpaired) electrons. The van der Waals surface area contributed by atoms with Gasteiger partial charge in [-0.2, -0.15) is 0 Å². The van der Waals surface area contributed by atoms with Gasteiger partial charge in [-0.25, -0.2) is 4.68 Å². The summed E-state index contributed by atoms with van der Waals surface area (Å²) in [5.74, 6) is 1.42. The highest BCUT2D eigenvalue weighted by atomic mass is 16.3. The van der Waals surface area contributed by atoms with E-state index < -0.39 is 5.54 Å². The van der Waals surface area contributed by atoms with E-state index in [-0.39, 0.29) is 0 Å². The Balaban J connectivity index is 1.53. The first-order valence-corrected chi connectivity index (χ1v) is 13.3. The van der Waals surface area contributed by atoms with E-state index in [1.165, 1.54) is 5.56 Å². The number of furan rings is 1. The molecular formula is C35H26N4O. The van der Waals surface area contributed by atoms with Crippen molar-refractivity contribution in [3.63, 3.8) is 0 Å². The van der Waals surface area contributed by atoms with Gasteiger partial charge in [-0.15, -0.1) is 5.10 Å². The summed E-state index contributed by atoms with van der Waals surface area (Å²) in [4.78, 5) is 0. The molecule has 0 unspecified atom stereocenters. The van der Waals surface area contributed by atoms with Crippen LogP contribution in [0.2, 0.25) is 0 Å². The van der Waals surface area contributed by atoms with Crippen molar-refractivity contribution < 1.29 is 4.42 Å². The third kappa shape index (κ3) is 3.83. The molecule has 0 atom stereocenters. The van der Waals surface area contributed by atoms with Gasteiger partial charge in [0, 0.05) is 16.5 Å². The third-order valence-electron chi connectivity index (χ3n) is 7.47. The highest BCUT2D eigenvalue weighted by Gasteiger charge is 2.42. The molecule has 0 bridgehead atoms. The van der Waals surface area contributed by atoms with Crippen molar-refractivity contribution >= 4 is 11.0 Å². The van der Waals surface area contributed by atoms with Crippen LogP contribution in [0.25, 0.3) is 33.7 Å². The lowest BCUT2D eigenvalue weighted by Crippen LogP contribution is -2.39. The lowest BCUT2D eigenvalue weighted by atomic mass is 9.77. The lowest BCUT2D eigenvalue weighted by Gasteiger charge is -2.36. The van der Waals surface area contributed by atoms with Gasteiger partial charge in [-0.3, -0.25) is 0 Å². The zero-order chi connectivity index (χ0) is 26.9. The van der Waals surface area contributed by atoms with Gasteiger partial charge >= 0.3 is 0 Å². The highest BCUT2D eigenvalue weighted by Crippen LogP contribution is 2.43. The molecular weight excluding hydrogens is 492 g/mol. The van der Waals surface area contributed by atoms with Gasteiger partial charge in [0.05, 0.1) is 0 Å². The van der Waals surface area contributed by atoms with Crippen molar-refractivity contribution in [2.75, 3.05) is 0 Å². The van der Waals surface area contributed by atoms with E-state index in [9.17, 15) is 0 Å². The van der Waals surface area contributed by atoms with Crippen molar-refractivity contribution in [1.29, 1.82) is 0 Å². The molecule has 40 heavy (non-hydrogen) atoms. The minimum Gasteiger partial charge on any atom is -0.456 e.